The predicted molar refractivity (Wildman–Crippen MR) is 68.3 cm³/mol. The third-order valence-electron chi connectivity index (χ3n) is 2.50. The average Bonchev–Trinajstić information content (AvgIpc) is 2.20. The van der Waals surface area contributed by atoms with Crippen LogP contribution in [-0.2, 0) is 4.57 Å². The van der Waals surface area contributed by atoms with E-state index in [0.29, 0.717) is 24.6 Å². The molecule has 2 nitrogen and oxygen atoms in total. The standard InChI is InChI=1S/C11H24ClO2P/c1-2-3-4-5-6-7-10-15(13,14)11-8-9-12/h2-11H2,1H3,(H,13,14). The summed E-state index contributed by atoms with van der Waals surface area (Å²) in [6.07, 6.45) is 8.49. The van der Waals surface area contributed by atoms with Crippen molar-refractivity contribution in [3.63, 3.8) is 0 Å². The Labute approximate surface area is 98.9 Å². The van der Waals surface area contributed by atoms with E-state index in [1.807, 2.05) is 0 Å². The smallest absolute Gasteiger partial charge is 0.200 e. The van der Waals surface area contributed by atoms with Gasteiger partial charge in [0, 0.05) is 18.2 Å². The van der Waals surface area contributed by atoms with Crippen LogP contribution >= 0.6 is 19.0 Å². The molecule has 0 amide bonds. The molecule has 0 bridgehead atoms. The lowest BCUT2D eigenvalue weighted by molar-refractivity contribution is 0.473. The van der Waals surface area contributed by atoms with Gasteiger partial charge in [-0.3, -0.25) is 4.57 Å². The highest BCUT2D eigenvalue weighted by molar-refractivity contribution is 7.57. The second-order valence-corrected chi connectivity index (χ2v) is 7.07. The fourth-order valence-electron chi connectivity index (χ4n) is 1.56. The Morgan fingerprint density at radius 1 is 1.00 bits per heavy atom. The van der Waals surface area contributed by atoms with E-state index in [-0.39, 0.29) is 0 Å². The molecule has 0 aliphatic carbocycles. The van der Waals surface area contributed by atoms with Gasteiger partial charge in [-0.15, -0.1) is 11.6 Å². The van der Waals surface area contributed by atoms with Crippen molar-refractivity contribution in [2.75, 3.05) is 18.2 Å². The fraction of sp³-hybridized carbons (Fsp3) is 1.00. The molecule has 0 saturated heterocycles. The number of hydrogen-bond donors (Lipinski definition) is 1. The van der Waals surface area contributed by atoms with Crippen LogP contribution in [0, 0.1) is 0 Å². The Balaban J connectivity index is 3.36. The molecule has 0 saturated carbocycles. The van der Waals surface area contributed by atoms with Crippen molar-refractivity contribution in [1.29, 1.82) is 0 Å². The van der Waals surface area contributed by atoms with Gasteiger partial charge in [-0.25, -0.2) is 0 Å². The Bertz CT molecular complexity index is 185. The average molecular weight is 255 g/mol. The lowest BCUT2D eigenvalue weighted by Gasteiger charge is -2.10. The normalized spacial score (nSPS) is 15.1. The molecule has 0 aromatic carbocycles. The third kappa shape index (κ3) is 10.8. The molecule has 1 unspecified atom stereocenters. The van der Waals surface area contributed by atoms with Crippen LogP contribution in [0.4, 0.5) is 0 Å². The molecule has 0 radical (unpaired) electrons. The van der Waals surface area contributed by atoms with Gasteiger partial charge in [-0.1, -0.05) is 39.0 Å². The summed E-state index contributed by atoms with van der Waals surface area (Å²) in [6.45, 7) is 2.19. The molecule has 0 aromatic rings. The van der Waals surface area contributed by atoms with Crippen LogP contribution in [0.25, 0.3) is 0 Å². The summed E-state index contributed by atoms with van der Waals surface area (Å²) >= 11 is 5.49. The van der Waals surface area contributed by atoms with Crippen molar-refractivity contribution in [2.45, 2.75) is 51.9 Å². The van der Waals surface area contributed by atoms with Crippen molar-refractivity contribution in [3.8, 4) is 0 Å². The molecule has 0 aromatic heterocycles. The number of rotatable bonds is 10. The summed E-state index contributed by atoms with van der Waals surface area (Å²) < 4.78 is 11.6. The van der Waals surface area contributed by atoms with E-state index in [1.165, 1.54) is 25.7 Å². The van der Waals surface area contributed by atoms with Crippen molar-refractivity contribution < 1.29 is 9.46 Å². The molecule has 4 heteroatoms. The summed E-state index contributed by atoms with van der Waals surface area (Å²) in [5, 5.41) is 0. The highest BCUT2D eigenvalue weighted by atomic mass is 35.5. The maximum atomic E-state index is 11.6. The molecule has 0 spiro atoms. The summed E-state index contributed by atoms with van der Waals surface area (Å²) in [5.74, 6) is 0.487. The first-order chi connectivity index (χ1) is 7.12. The quantitative estimate of drug-likeness (QED) is 0.360. The molecule has 1 atom stereocenters. The Morgan fingerprint density at radius 3 is 2.13 bits per heavy atom. The predicted octanol–water partition coefficient (Wildman–Crippen LogP) is 4.25. The van der Waals surface area contributed by atoms with Crippen LogP contribution in [0.3, 0.4) is 0 Å². The molecule has 92 valence electrons. The lowest BCUT2D eigenvalue weighted by Crippen LogP contribution is -1.96. The SMILES string of the molecule is CCCCCCCCP(=O)(O)CCCCl. The van der Waals surface area contributed by atoms with Crippen LogP contribution in [0.5, 0.6) is 0 Å². The monoisotopic (exact) mass is 254 g/mol. The van der Waals surface area contributed by atoms with Gasteiger partial charge in [0.25, 0.3) is 0 Å². The van der Waals surface area contributed by atoms with Crippen molar-refractivity contribution >= 4 is 19.0 Å². The van der Waals surface area contributed by atoms with Gasteiger partial charge in [0.15, 0.2) is 0 Å². The number of unbranched alkanes of at least 4 members (excludes halogenated alkanes) is 5. The number of alkyl halides is 1. The molecular weight excluding hydrogens is 231 g/mol. The minimum absolute atomic E-state index is 0.394. The number of hydrogen-bond acceptors (Lipinski definition) is 1. The van der Waals surface area contributed by atoms with Crippen LogP contribution in [0.15, 0.2) is 0 Å². The van der Waals surface area contributed by atoms with E-state index < -0.39 is 7.37 Å². The van der Waals surface area contributed by atoms with Gasteiger partial charge in [-0.2, -0.15) is 0 Å². The molecule has 0 rings (SSSR count). The van der Waals surface area contributed by atoms with E-state index in [2.05, 4.69) is 6.92 Å². The zero-order valence-corrected chi connectivity index (χ0v) is 11.4. The second-order valence-electron chi connectivity index (χ2n) is 4.10. The third-order valence-corrected chi connectivity index (χ3v) is 4.80. The minimum Gasteiger partial charge on any atom is -0.344 e. The summed E-state index contributed by atoms with van der Waals surface area (Å²) in [7, 11) is -2.85. The molecule has 1 N–H and O–H groups in total. The van der Waals surface area contributed by atoms with Gasteiger partial charge in [0.2, 0.25) is 7.37 Å². The van der Waals surface area contributed by atoms with Gasteiger partial charge in [-0.05, 0) is 12.8 Å². The molecule has 0 heterocycles. The Morgan fingerprint density at radius 2 is 1.53 bits per heavy atom. The molecule has 0 fully saturated rings. The topological polar surface area (TPSA) is 37.3 Å². The highest BCUT2D eigenvalue weighted by Gasteiger charge is 2.16. The van der Waals surface area contributed by atoms with Crippen molar-refractivity contribution in [1.82, 2.24) is 0 Å². The van der Waals surface area contributed by atoms with Crippen LogP contribution in [-0.4, -0.2) is 23.1 Å². The molecular formula is C11H24ClO2P. The largest absolute Gasteiger partial charge is 0.344 e. The first kappa shape index (κ1) is 15.5. The van der Waals surface area contributed by atoms with E-state index >= 15 is 0 Å². The second kappa shape index (κ2) is 9.69. The summed E-state index contributed by atoms with van der Waals surface area (Å²) in [4.78, 5) is 9.55. The first-order valence-electron chi connectivity index (χ1n) is 5.99. The first-order valence-corrected chi connectivity index (χ1v) is 8.55. The summed E-state index contributed by atoms with van der Waals surface area (Å²) in [6, 6.07) is 0. The maximum Gasteiger partial charge on any atom is 0.200 e. The maximum absolute atomic E-state index is 11.6. The Hall–Kier alpha value is 0.480. The van der Waals surface area contributed by atoms with Gasteiger partial charge >= 0.3 is 0 Å². The minimum atomic E-state index is -2.85. The van der Waals surface area contributed by atoms with E-state index in [0.717, 1.165) is 12.8 Å². The van der Waals surface area contributed by atoms with Gasteiger partial charge in [0.1, 0.15) is 0 Å². The lowest BCUT2D eigenvalue weighted by atomic mass is 10.1. The highest BCUT2D eigenvalue weighted by Crippen LogP contribution is 2.42. The van der Waals surface area contributed by atoms with Crippen LogP contribution in [0.1, 0.15) is 51.9 Å². The zero-order chi connectivity index (χ0) is 11.6. The van der Waals surface area contributed by atoms with E-state index in [9.17, 15) is 9.46 Å². The van der Waals surface area contributed by atoms with Crippen LogP contribution in [0.2, 0.25) is 0 Å². The van der Waals surface area contributed by atoms with Crippen molar-refractivity contribution in [2.24, 2.45) is 0 Å². The zero-order valence-electron chi connectivity index (χ0n) is 9.75. The van der Waals surface area contributed by atoms with E-state index in [4.69, 9.17) is 11.6 Å². The van der Waals surface area contributed by atoms with Gasteiger partial charge in [0.05, 0.1) is 0 Å². The van der Waals surface area contributed by atoms with E-state index in [1.54, 1.807) is 0 Å². The fourth-order valence-corrected chi connectivity index (χ4v) is 3.47. The number of halogens is 1. The Kier molecular flexibility index (Phi) is 10.00. The summed E-state index contributed by atoms with van der Waals surface area (Å²) in [5.41, 5.74) is 0. The molecule has 15 heavy (non-hydrogen) atoms. The molecule has 0 aliphatic heterocycles. The van der Waals surface area contributed by atoms with Gasteiger partial charge < -0.3 is 4.89 Å². The van der Waals surface area contributed by atoms with Crippen molar-refractivity contribution in [3.05, 3.63) is 0 Å². The van der Waals surface area contributed by atoms with Crippen LogP contribution < -0.4 is 0 Å². The molecule has 0 aliphatic rings.